The van der Waals surface area contributed by atoms with Crippen molar-refractivity contribution < 1.29 is 33.4 Å². The predicted octanol–water partition coefficient (Wildman–Crippen LogP) is 1.11. The minimum atomic E-state index is -1.18. The van der Waals surface area contributed by atoms with E-state index in [0.717, 1.165) is 0 Å². The quantitative estimate of drug-likeness (QED) is 0.376. The highest BCUT2D eigenvalue weighted by Gasteiger charge is 2.23. The summed E-state index contributed by atoms with van der Waals surface area (Å²) in [5.41, 5.74) is 0.285. The molecule has 0 rings (SSSR count). The molecule has 22 heavy (non-hydrogen) atoms. The van der Waals surface area contributed by atoms with Gasteiger partial charge in [-0.1, -0.05) is 13.2 Å². The SMILES string of the molecule is C=C(C)C(=O)OC(C)C(=O)COC(=O)C(C)OC(=O)C(=C)C. The molecule has 0 aromatic carbocycles. The molecule has 0 heterocycles. The molecule has 0 saturated heterocycles. The summed E-state index contributed by atoms with van der Waals surface area (Å²) in [7, 11) is 0. The van der Waals surface area contributed by atoms with Gasteiger partial charge in [0.25, 0.3) is 0 Å². The fourth-order valence-electron chi connectivity index (χ4n) is 1.01. The number of hydrogen-bond donors (Lipinski definition) is 0. The van der Waals surface area contributed by atoms with E-state index in [-0.39, 0.29) is 11.1 Å². The Morgan fingerprint density at radius 2 is 1.27 bits per heavy atom. The number of ketones is 1. The van der Waals surface area contributed by atoms with Gasteiger partial charge in [-0.3, -0.25) is 4.79 Å². The van der Waals surface area contributed by atoms with E-state index in [1.165, 1.54) is 27.7 Å². The van der Waals surface area contributed by atoms with Crippen LogP contribution in [-0.4, -0.2) is 42.5 Å². The van der Waals surface area contributed by atoms with Gasteiger partial charge in [-0.15, -0.1) is 0 Å². The first-order valence-electron chi connectivity index (χ1n) is 6.48. The lowest BCUT2D eigenvalue weighted by Gasteiger charge is -2.14. The smallest absolute Gasteiger partial charge is 0.347 e. The van der Waals surface area contributed by atoms with Gasteiger partial charge in [0, 0.05) is 11.1 Å². The summed E-state index contributed by atoms with van der Waals surface area (Å²) >= 11 is 0. The standard InChI is InChI=1S/C15H20O7/c1-8(2)13(17)21-10(5)12(16)7-20-15(19)11(6)22-14(18)9(3)4/h10-11H,1,3,7H2,2,4-6H3. The van der Waals surface area contributed by atoms with Gasteiger partial charge >= 0.3 is 17.9 Å². The van der Waals surface area contributed by atoms with E-state index in [1.807, 2.05) is 0 Å². The summed E-state index contributed by atoms with van der Waals surface area (Å²) in [6.07, 6.45) is -2.25. The van der Waals surface area contributed by atoms with E-state index in [1.54, 1.807) is 0 Å². The minimum Gasteiger partial charge on any atom is -0.455 e. The van der Waals surface area contributed by atoms with Crippen molar-refractivity contribution in [1.29, 1.82) is 0 Å². The molecule has 7 nitrogen and oxygen atoms in total. The van der Waals surface area contributed by atoms with E-state index in [0.29, 0.717) is 0 Å². The Bertz CT molecular complexity index is 458. The fraction of sp³-hybridized carbons (Fsp3) is 0.467. The lowest BCUT2D eigenvalue weighted by atomic mass is 10.2. The van der Waals surface area contributed by atoms with Crippen LogP contribution in [0.1, 0.15) is 27.7 Å². The number of ether oxygens (including phenoxy) is 3. The number of rotatable bonds is 8. The molecule has 2 atom stereocenters. The third-order valence-corrected chi connectivity index (χ3v) is 2.41. The molecule has 0 radical (unpaired) electrons. The van der Waals surface area contributed by atoms with Crippen molar-refractivity contribution in [2.24, 2.45) is 0 Å². The van der Waals surface area contributed by atoms with Crippen molar-refractivity contribution in [2.75, 3.05) is 6.61 Å². The van der Waals surface area contributed by atoms with Crippen LogP contribution in [0.15, 0.2) is 24.3 Å². The lowest BCUT2D eigenvalue weighted by Crippen LogP contribution is -2.32. The molecule has 0 fully saturated rings. The summed E-state index contributed by atoms with van der Waals surface area (Å²) < 4.78 is 14.2. The van der Waals surface area contributed by atoms with Crippen LogP contribution in [0.2, 0.25) is 0 Å². The molecule has 0 N–H and O–H groups in total. The Morgan fingerprint density at radius 3 is 1.68 bits per heavy atom. The van der Waals surface area contributed by atoms with Crippen molar-refractivity contribution in [3.8, 4) is 0 Å². The van der Waals surface area contributed by atoms with Crippen molar-refractivity contribution >= 4 is 23.7 Å². The largest absolute Gasteiger partial charge is 0.455 e. The average molecular weight is 312 g/mol. The number of hydrogen-bond acceptors (Lipinski definition) is 7. The van der Waals surface area contributed by atoms with Crippen molar-refractivity contribution in [1.82, 2.24) is 0 Å². The van der Waals surface area contributed by atoms with E-state index >= 15 is 0 Å². The molecule has 0 aromatic rings. The maximum Gasteiger partial charge on any atom is 0.347 e. The topological polar surface area (TPSA) is 96.0 Å². The Hall–Kier alpha value is -2.44. The highest BCUT2D eigenvalue weighted by molar-refractivity contribution is 5.92. The van der Waals surface area contributed by atoms with E-state index in [2.05, 4.69) is 13.2 Å². The number of carbonyl (C=O) groups is 4. The average Bonchev–Trinajstić information content (AvgIpc) is 2.43. The maximum absolute atomic E-state index is 11.7. The van der Waals surface area contributed by atoms with Gasteiger partial charge in [-0.25, -0.2) is 14.4 Å². The third-order valence-electron chi connectivity index (χ3n) is 2.41. The van der Waals surface area contributed by atoms with Crippen LogP contribution in [0.5, 0.6) is 0 Å². The molecule has 0 aliphatic heterocycles. The summed E-state index contributed by atoms with van der Waals surface area (Å²) in [6, 6.07) is 0. The van der Waals surface area contributed by atoms with Crippen LogP contribution in [0.3, 0.4) is 0 Å². The van der Waals surface area contributed by atoms with E-state index in [4.69, 9.17) is 14.2 Å². The summed E-state index contributed by atoms with van der Waals surface area (Å²) in [5, 5.41) is 0. The van der Waals surface area contributed by atoms with Gasteiger partial charge < -0.3 is 14.2 Å². The first-order chi connectivity index (χ1) is 10.1. The van der Waals surface area contributed by atoms with Crippen LogP contribution in [0.25, 0.3) is 0 Å². The maximum atomic E-state index is 11.7. The molecular weight excluding hydrogens is 292 g/mol. The second-order valence-corrected chi connectivity index (χ2v) is 4.73. The van der Waals surface area contributed by atoms with Crippen LogP contribution < -0.4 is 0 Å². The first-order valence-corrected chi connectivity index (χ1v) is 6.48. The lowest BCUT2D eigenvalue weighted by molar-refractivity contribution is -0.167. The van der Waals surface area contributed by atoms with Gasteiger partial charge in [0.05, 0.1) is 0 Å². The fourth-order valence-corrected chi connectivity index (χ4v) is 1.01. The zero-order valence-electron chi connectivity index (χ0n) is 13.1. The van der Waals surface area contributed by atoms with Crippen molar-refractivity contribution in [2.45, 2.75) is 39.9 Å². The second kappa shape index (κ2) is 8.76. The first kappa shape index (κ1) is 19.6. The second-order valence-electron chi connectivity index (χ2n) is 4.73. The summed E-state index contributed by atoms with van der Waals surface area (Å²) in [5.74, 6) is -2.95. The summed E-state index contributed by atoms with van der Waals surface area (Å²) in [4.78, 5) is 45.7. The number of carbonyl (C=O) groups excluding carboxylic acids is 4. The number of esters is 3. The Morgan fingerprint density at radius 1 is 0.864 bits per heavy atom. The van der Waals surface area contributed by atoms with Crippen LogP contribution in [-0.2, 0) is 33.4 Å². The molecule has 0 saturated carbocycles. The highest BCUT2D eigenvalue weighted by atomic mass is 16.6. The van der Waals surface area contributed by atoms with Crippen LogP contribution >= 0.6 is 0 Å². The van der Waals surface area contributed by atoms with Gasteiger partial charge in [0.2, 0.25) is 5.78 Å². The third kappa shape index (κ3) is 6.83. The zero-order chi connectivity index (χ0) is 17.4. The van der Waals surface area contributed by atoms with E-state index in [9.17, 15) is 19.2 Å². The molecule has 0 amide bonds. The van der Waals surface area contributed by atoms with Crippen molar-refractivity contribution in [3.63, 3.8) is 0 Å². The highest BCUT2D eigenvalue weighted by Crippen LogP contribution is 2.03. The number of Topliss-reactive ketones (excluding diaryl/α,β-unsaturated/α-hetero) is 1. The molecule has 0 aromatic heterocycles. The Labute approximate surface area is 128 Å². The monoisotopic (exact) mass is 312 g/mol. The van der Waals surface area contributed by atoms with Gasteiger partial charge in [-0.2, -0.15) is 0 Å². The molecular formula is C15H20O7. The van der Waals surface area contributed by atoms with E-state index < -0.39 is 42.5 Å². The predicted molar refractivity (Wildman–Crippen MR) is 76.7 cm³/mol. The van der Waals surface area contributed by atoms with Gasteiger partial charge in [0.1, 0.15) is 0 Å². The van der Waals surface area contributed by atoms with Crippen LogP contribution in [0, 0.1) is 0 Å². The molecule has 0 bridgehead atoms. The van der Waals surface area contributed by atoms with Gasteiger partial charge in [0.15, 0.2) is 18.8 Å². The Kier molecular flexibility index (Phi) is 7.79. The Balaban J connectivity index is 4.31. The van der Waals surface area contributed by atoms with Crippen molar-refractivity contribution in [3.05, 3.63) is 24.3 Å². The minimum absolute atomic E-state index is 0.135. The molecule has 2 unspecified atom stereocenters. The molecule has 7 heteroatoms. The van der Waals surface area contributed by atoms with Gasteiger partial charge in [-0.05, 0) is 27.7 Å². The summed E-state index contributed by atoms with van der Waals surface area (Å²) in [6.45, 7) is 11.7. The normalized spacial score (nSPS) is 12.5. The molecule has 0 aliphatic rings. The molecule has 0 aliphatic carbocycles. The zero-order valence-corrected chi connectivity index (χ0v) is 13.1. The molecule has 122 valence electrons. The molecule has 0 spiro atoms. The van der Waals surface area contributed by atoms with Crippen LogP contribution in [0.4, 0.5) is 0 Å².